The zero-order valence-corrected chi connectivity index (χ0v) is 12.4. The average Bonchev–Trinajstić information content (AvgIpc) is 2.74. The van der Waals surface area contributed by atoms with Crippen LogP contribution in [0.1, 0.15) is 55.1 Å². The third-order valence-corrected chi connectivity index (χ3v) is 3.56. The molecular formula is C16H22N2O. The van der Waals surface area contributed by atoms with Crippen LogP contribution in [0, 0.1) is 0 Å². The van der Waals surface area contributed by atoms with Crippen molar-refractivity contribution in [1.29, 1.82) is 0 Å². The number of carbonyl (C=O) groups excluding carboxylic acids is 1. The predicted molar refractivity (Wildman–Crippen MR) is 79.0 cm³/mol. The van der Waals surface area contributed by atoms with Gasteiger partial charge in [-0.1, -0.05) is 26.8 Å². The van der Waals surface area contributed by atoms with Gasteiger partial charge in [0.05, 0.1) is 0 Å². The minimum atomic E-state index is 0.0435. The predicted octanol–water partition coefficient (Wildman–Crippen LogP) is 3.20. The molecule has 0 bridgehead atoms. The maximum atomic E-state index is 11.7. The Bertz CT molecular complexity index is 526. The number of hydrazone groups is 1. The average molecular weight is 258 g/mol. The van der Waals surface area contributed by atoms with E-state index >= 15 is 0 Å². The Morgan fingerprint density at radius 1 is 1.32 bits per heavy atom. The first-order valence-electron chi connectivity index (χ1n) is 6.69. The summed E-state index contributed by atoms with van der Waals surface area (Å²) in [4.78, 5) is 11.7. The highest BCUT2D eigenvalue weighted by atomic mass is 16.1. The van der Waals surface area contributed by atoms with Crippen molar-refractivity contribution in [3.63, 3.8) is 0 Å². The summed E-state index contributed by atoms with van der Waals surface area (Å²) in [7, 11) is 1.97. The fourth-order valence-electron chi connectivity index (χ4n) is 2.27. The van der Waals surface area contributed by atoms with Crippen molar-refractivity contribution in [3.05, 3.63) is 34.9 Å². The standard InChI is InChI=1S/C16H22N2O/c1-11(19)12-6-13(14-9-17-18(5)10-14)8-15(7-12)16(2,3)4/h6-9,14H,10H2,1-5H3. The number of nitrogens with zero attached hydrogens (tertiary/aromatic N) is 2. The zero-order chi connectivity index (χ0) is 14.2. The smallest absolute Gasteiger partial charge is 0.159 e. The number of hydrogen-bond acceptors (Lipinski definition) is 3. The fourth-order valence-corrected chi connectivity index (χ4v) is 2.27. The van der Waals surface area contributed by atoms with E-state index in [4.69, 9.17) is 0 Å². The lowest BCUT2D eigenvalue weighted by Crippen LogP contribution is -2.16. The molecule has 0 radical (unpaired) electrons. The van der Waals surface area contributed by atoms with Crippen LogP contribution in [-0.2, 0) is 5.41 Å². The van der Waals surface area contributed by atoms with Gasteiger partial charge in [-0.15, -0.1) is 0 Å². The number of likely N-dealkylation sites (N-methyl/N-ethyl adjacent to an activating group) is 1. The van der Waals surface area contributed by atoms with Crippen molar-refractivity contribution < 1.29 is 4.79 Å². The molecule has 0 aromatic heterocycles. The highest BCUT2D eigenvalue weighted by Gasteiger charge is 2.22. The quantitative estimate of drug-likeness (QED) is 0.763. The van der Waals surface area contributed by atoms with Crippen molar-refractivity contribution in [2.45, 2.75) is 39.0 Å². The molecule has 102 valence electrons. The first-order valence-corrected chi connectivity index (χ1v) is 6.69. The minimum Gasteiger partial charge on any atom is -0.299 e. The molecule has 19 heavy (non-hydrogen) atoms. The number of Topliss-reactive ketones (excluding diaryl/α,β-unsaturated/α-hetero) is 1. The zero-order valence-electron chi connectivity index (χ0n) is 12.4. The lowest BCUT2D eigenvalue weighted by molar-refractivity contribution is 0.101. The van der Waals surface area contributed by atoms with Crippen LogP contribution in [0.5, 0.6) is 0 Å². The van der Waals surface area contributed by atoms with Crippen molar-refractivity contribution in [2.24, 2.45) is 5.10 Å². The summed E-state index contributed by atoms with van der Waals surface area (Å²) in [6.07, 6.45) is 1.96. The monoisotopic (exact) mass is 258 g/mol. The molecule has 0 saturated heterocycles. The summed E-state index contributed by atoms with van der Waals surface area (Å²) in [5.41, 5.74) is 3.23. The van der Waals surface area contributed by atoms with Crippen molar-refractivity contribution in [1.82, 2.24) is 5.01 Å². The van der Waals surface area contributed by atoms with Gasteiger partial charge in [-0.3, -0.25) is 9.80 Å². The Balaban J connectivity index is 2.46. The van der Waals surface area contributed by atoms with Gasteiger partial charge in [-0.05, 0) is 35.6 Å². The van der Waals surface area contributed by atoms with Gasteiger partial charge in [-0.25, -0.2) is 0 Å². The van der Waals surface area contributed by atoms with E-state index in [1.807, 2.05) is 30.4 Å². The molecular weight excluding hydrogens is 236 g/mol. The van der Waals surface area contributed by atoms with Crippen LogP contribution >= 0.6 is 0 Å². The highest BCUT2D eigenvalue weighted by molar-refractivity contribution is 5.94. The van der Waals surface area contributed by atoms with E-state index in [9.17, 15) is 4.79 Å². The number of carbonyl (C=O) groups is 1. The molecule has 1 aliphatic rings. The van der Waals surface area contributed by atoms with Gasteiger partial charge in [0.1, 0.15) is 0 Å². The van der Waals surface area contributed by atoms with Crippen LogP contribution < -0.4 is 0 Å². The van der Waals surface area contributed by atoms with E-state index in [0.29, 0.717) is 0 Å². The van der Waals surface area contributed by atoms with Crippen LogP contribution in [0.3, 0.4) is 0 Å². The molecule has 1 heterocycles. The number of hydrogen-bond donors (Lipinski definition) is 0. The van der Waals surface area contributed by atoms with Crippen LogP contribution in [0.15, 0.2) is 23.3 Å². The Labute approximate surface area is 115 Å². The Hall–Kier alpha value is -1.64. The van der Waals surface area contributed by atoms with Gasteiger partial charge in [0.2, 0.25) is 0 Å². The van der Waals surface area contributed by atoms with Crippen LogP contribution in [0.25, 0.3) is 0 Å². The molecule has 0 amide bonds. The van der Waals surface area contributed by atoms with Gasteiger partial charge in [0, 0.05) is 31.3 Å². The van der Waals surface area contributed by atoms with Gasteiger partial charge in [0.25, 0.3) is 0 Å². The first-order chi connectivity index (χ1) is 8.77. The van der Waals surface area contributed by atoms with Crippen LogP contribution in [0.2, 0.25) is 0 Å². The Morgan fingerprint density at radius 3 is 2.47 bits per heavy atom. The van der Waals surface area contributed by atoms with Gasteiger partial charge in [-0.2, -0.15) is 5.10 Å². The highest BCUT2D eigenvalue weighted by Crippen LogP contribution is 2.29. The molecule has 1 atom stereocenters. The lowest BCUT2D eigenvalue weighted by atomic mass is 9.83. The van der Waals surface area contributed by atoms with E-state index in [0.717, 1.165) is 12.1 Å². The molecule has 0 saturated carbocycles. The molecule has 0 N–H and O–H groups in total. The molecule has 0 spiro atoms. The normalized spacial score (nSPS) is 19.0. The van der Waals surface area contributed by atoms with Crippen molar-refractivity contribution in [2.75, 3.05) is 13.6 Å². The molecule has 0 aliphatic carbocycles. The van der Waals surface area contributed by atoms with E-state index in [1.54, 1.807) is 6.92 Å². The molecule has 3 nitrogen and oxygen atoms in total. The third kappa shape index (κ3) is 3.03. The molecule has 2 rings (SSSR count). The minimum absolute atomic E-state index is 0.0435. The van der Waals surface area contributed by atoms with E-state index in [1.165, 1.54) is 11.1 Å². The molecule has 1 aromatic carbocycles. The topological polar surface area (TPSA) is 32.7 Å². The third-order valence-electron chi connectivity index (χ3n) is 3.56. The number of ketones is 1. The summed E-state index contributed by atoms with van der Waals surface area (Å²) in [5.74, 6) is 0.404. The SMILES string of the molecule is CC(=O)c1cc(C2C=NN(C)C2)cc(C(C)(C)C)c1. The van der Waals surface area contributed by atoms with Crippen LogP contribution in [-0.4, -0.2) is 30.6 Å². The summed E-state index contributed by atoms with van der Waals surface area (Å²) >= 11 is 0. The lowest BCUT2D eigenvalue weighted by Gasteiger charge is -2.22. The molecule has 0 fully saturated rings. The molecule has 1 aromatic rings. The van der Waals surface area contributed by atoms with E-state index in [-0.39, 0.29) is 17.1 Å². The summed E-state index contributed by atoms with van der Waals surface area (Å²) in [5, 5.41) is 6.22. The van der Waals surface area contributed by atoms with Crippen molar-refractivity contribution >= 4 is 12.0 Å². The van der Waals surface area contributed by atoms with Crippen LogP contribution in [0.4, 0.5) is 0 Å². The maximum Gasteiger partial charge on any atom is 0.159 e. The second-order valence-electron chi connectivity index (χ2n) is 6.36. The summed E-state index contributed by atoms with van der Waals surface area (Å²) in [6, 6.07) is 6.23. The van der Waals surface area contributed by atoms with Gasteiger partial charge < -0.3 is 0 Å². The fraction of sp³-hybridized carbons (Fsp3) is 0.500. The molecule has 1 unspecified atom stereocenters. The number of benzene rings is 1. The largest absolute Gasteiger partial charge is 0.299 e. The second kappa shape index (κ2) is 4.80. The second-order valence-corrected chi connectivity index (χ2v) is 6.36. The summed E-state index contributed by atoms with van der Waals surface area (Å²) < 4.78 is 0. The first kappa shape index (κ1) is 13.8. The number of rotatable bonds is 2. The van der Waals surface area contributed by atoms with E-state index in [2.05, 4.69) is 31.9 Å². The van der Waals surface area contributed by atoms with Gasteiger partial charge in [0.15, 0.2) is 5.78 Å². The maximum absolute atomic E-state index is 11.7. The molecule has 1 aliphatic heterocycles. The summed E-state index contributed by atoms with van der Waals surface area (Å²) in [6.45, 7) is 9.02. The van der Waals surface area contributed by atoms with E-state index < -0.39 is 0 Å². The Morgan fingerprint density at radius 2 is 2.00 bits per heavy atom. The van der Waals surface area contributed by atoms with Crippen molar-refractivity contribution in [3.8, 4) is 0 Å². The van der Waals surface area contributed by atoms with Gasteiger partial charge >= 0.3 is 0 Å². The molecule has 3 heteroatoms. The Kier molecular flexibility index (Phi) is 3.48.